The monoisotopic (exact) mass is 180 g/mol. The number of para-hydroxylation sites is 2. The second-order valence-electron chi connectivity index (χ2n) is 3.29. The Morgan fingerprint density at radius 3 is 2.62 bits per heavy atom. The van der Waals surface area contributed by atoms with Crippen LogP contribution in [0.3, 0.4) is 0 Å². The van der Waals surface area contributed by atoms with Crippen molar-refractivity contribution >= 4 is 11.4 Å². The van der Waals surface area contributed by atoms with Gasteiger partial charge in [-0.2, -0.15) is 0 Å². The molecule has 1 aromatic carbocycles. The molecule has 13 heavy (non-hydrogen) atoms. The number of aliphatic hydroxyl groups excluding tert-OH is 1. The molecule has 1 rings (SSSR count). The fraction of sp³-hybridized carbons (Fsp3) is 0.400. The van der Waals surface area contributed by atoms with Crippen molar-refractivity contribution in [2.45, 2.75) is 13.0 Å². The van der Waals surface area contributed by atoms with Gasteiger partial charge in [-0.1, -0.05) is 12.1 Å². The van der Waals surface area contributed by atoms with E-state index in [1.54, 1.807) is 6.92 Å². The number of rotatable bonds is 3. The van der Waals surface area contributed by atoms with Gasteiger partial charge in [0.2, 0.25) is 0 Å². The first-order chi connectivity index (χ1) is 6.11. The molecule has 0 amide bonds. The molecule has 0 bridgehead atoms. The Balaban J connectivity index is 2.76. The number of benzene rings is 1. The molecule has 0 aromatic heterocycles. The molecule has 1 aromatic rings. The highest BCUT2D eigenvalue weighted by molar-refractivity contribution is 5.66. The SMILES string of the molecule is CC(O)CN(C)c1ccccc1N. The van der Waals surface area contributed by atoms with Crippen LogP contribution in [0.5, 0.6) is 0 Å². The van der Waals surface area contributed by atoms with E-state index in [0.29, 0.717) is 6.54 Å². The van der Waals surface area contributed by atoms with Crippen molar-refractivity contribution in [1.29, 1.82) is 0 Å². The van der Waals surface area contributed by atoms with Crippen molar-refractivity contribution in [3.63, 3.8) is 0 Å². The van der Waals surface area contributed by atoms with Crippen molar-refractivity contribution in [2.75, 3.05) is 24.2 Å². The fourth-order valence-corrected chi connectivity index (χ4v) is 1.33. The molecule has 72 valence electrons. The second-order valence-corrected chi connectivity index (χ2v) is 3.29. The molecule has 0 saturated heterocycles. The summed E-state index contributed by atoms with van der Waals surface area (Å²) in [5.41, 5.74) is 7.48. The van der Waals surface area contributed by atoms with Gasteiger partial charge in [0.15, 0.2) is 0 Å². The lowest BCUT2D eigenvalue weighted by molar-refractivity contribution is 0.201. The molecule has 0 radical (unpaired) electrons. The summed E-state index contributed by atoms with van der Waals surface area (Å²) in [5, 5.41) is 9.19. The summed E-state index contributed by atoms with van der Waals surface area (Å²) in [7, 11) is 1.92. The van der Waals surface area contributed by atoms with Crippen LogP contribution < -0.4 is 10.6 Å². The molecule has 0 heterocycles. The fourth-order valence-electron chi connectivity index (χ4n) is 1.33. The normalized spacial score (nSPS) is 12.5. The maximum absolute atomic E-state index is 9.19. The van der Waals surface area contributed by atoms with Crippen molar-refractivity contribution in [3.05, 3.63) is 24.3 Å². The molecule has 3 N–H and O–H groups in total. The highest BCUT2D eigenvalue weighted by Crippen LogP contribution is 2.20. The maximum atomic E-state index is 9.19. The topological polar surface area (TPSA) is 49.5 Å². The Morgan fingerprint density at radius 1 is 1.46 bits per heavy atom. The van der Waals surface area contributed by atoms with E-state index in [1.807, 2.05) is 36.2 Å². The van der Waals surface area contributed by atoms with E-state index in [0.717, 1.165) is 11.4 Å². The second kappa shape index (κ2) is 4.14. The van der Waals surface area contributed by atoms with E-state index < -0.39 is 0 Å². The van der Waals surface area contributed by atoms with Crippen molar-refractivity contribution in [1.82, 2.24) is 0 Å². The Labute approximate surface area is 78.8 Å². The number of nitrogens with zero attached hydrogens (tertiary/aromatic N) is 1. The summed E-state index contributed by atoms with van der Waals surface area (Å²) < 4.78 is 0. The molecular formula is C10H16N2O. The molecular weight excluding hydrogens is 164 g/mol. The number of nitrogens with two attached hydrogens (primary N) is 1. The maximum Gasteiger partial charge on any atom is 0.0686 e. The molecule has 0 aliphatic heterocycles. The molecule has 0 spiro atoms. The third-order valence-corrected chi connectivity index (χ3v) is 1.89. The van der Waals surface area contributed by atoms with E-state index in [2.05, 4.69) is 0 Å². The van der Waals surface area contributed by atoms with Gasteiger partial charge in [0.1, 0.15) is 0 Å². The third-order valence-electron chi connectivity index (χ3n) is 1.89. The quantitative estimate of drug-likeness (QED) is 0.684. The van der Waals surface area contributed by atoms with Crippen LogP contribution in [0.2, 0.25) is 0 Å². The Morgan fingerprint density at radius 2 is 2.08 bits per heavy atom. The number of hydrogen-bond donors (Lipinski definition) is 2. The first-order valence-electron chi connectivity index (χ1n) is 4.35. The Kier molecular flexibility index (Phi) is 3.14. The summed E-state index contributed by atoms with van der Waals surface area (Å²) in [4.78, 5) is 1.94. The van der Waals surface area contributed by atoms with Crippen LogP contribution in [0, 0.1) is 0 Å². The van der Waals surface area contributed by atoms with Gasteiger partial charge in [-0.3, -0.25) is 0 Å². The van der Waals surface area contributed by atoms with E-state index in [1.165, 1.54) is 0 Å². The van der Waals surface area contributed by atoms with Crippen LogP contribution in [0.1, 0.15) is 6.92 Å². The van der Waals surface area contributed by atoms with Crippen molar-refractivity contribution in [3.8, 4) is 0 Å². The molecule has 0 fully saturated rings. The van der Waals surface area contributed by atoms with Gasteiger partial charge in [0, 0.05) is 13.6 Å². The first-order valence-corrected chi connectivity index (χ1v) is 4.35. The summed E-state index contributed by atoms with van der Waals surface area (Å²) in [6.45, 7) is 2.35. The zero-order valence-electron chi connectivity index (χ0n) is 8.07. The lowest BCUT2D eigenvalue weighted by Gasteiger charge is -2.22. The lowest BCUT2D eigenvalue weighted by Crippen LogP contribution is -2.27. The largest absolute Gasteiger partial charge is 0.397 e. The van der Waals surface area contributed by atoms with Crippen molar-refractivity contribution < 1.29 is 5.11 Å². The predicted molar refractivity (Wildman–Crippen MR) is 55.8 cm³/mol. The molecule has 0 aliphatic rings. The van der Waals surface area contributed by atoms with Gasteiger partial charge < -0.3 is 15.7 Å². The van der Waals surface area contributed by atoms with Crippen LogP contribution in [-0.2, 0) is 0 Å². The van der Waals surface area contributed by atoms with Gasteiger partial charge in [-0.15, -0.1) is 0 Å². The zero-order valence-corrected chi connectivity index (χ0v) is 8.07. The van der Waals surface area contributed by atoms with E-state index in [4.69, 9.17) is 5.73 Å². The highest BCUT2D eigenvalue weighted by Gasteiger charge is 2.06. The Hall–Kier alpha value is -1.22. The first kappa shape index (κ1) is 9.86. The molecule has 1 atom stereocenters. The smallest absolute Gasteiger partial charge is 0.0686 e. The molecule has 1 unspecified atom stereocenters. The van der Waals surface area contributed by atoms with Crippen LogP contribution in [0.4, 0.5) is 11.4 Å². The van der Waals surface area contributed by atoms with Gasteiger partial charge in [0.05, 0.1) is 17.5 Å². The summed E-state index contributed by atoms with van der Waals surface area (Å²) in [6, 6.07) is 7.63. The lowest BCUT2D eigenvalue weighted by atomic mass is 10.2. The van der Waals surface area contributed by atoms with Crippen LogP contribution in [0.15, 0.2) is 24.3 Å². The summed E-state index contributed by atoms with van der Waals surface area (Å²) >= 11 is 0. The van der Waals surface area contributed by atoms with Gasteiger partial charge in [-0.05, 0) is 19.1 Å². The minimum Gasteiger partial charge on any atom is -0.397 e. The minimum absolute atomic E-state index is 0.343. The van der Waals surface area contributed by atoms with E-state index in [9.17, 15) is 5.11 Å². The average molecular weight is 180 g/mol. The summed E-state index contributed by atoms with van der Waals surface area (Å²) in [6.07, 6.45) is -0.343. The highest BCUT2D eigenvalue weighted by atomic mass is 16.3. The number of nitrogen functional groups attached to an aromatic ring is 1. The molecule has 3 nitrogen and oxygen atoms in total. The number of hydrogen-bond acceptors (Lipinski definition) is 3. The van der Waals surface area contributed by atoms with Crippen LogP contribution in [0.25, 0.3) is 0 Å². The standard InChI is InChI=1S/C10H16N2O/c1-8(13)7-12(2)10-6-4-3-5-9(10)11/h3-6,8,13H,7,11H2,1-2H3. The number of anilines is 2. The van der Waals surface area contributed by atoms with Gasteiger partial charge in [-0.25, -0.2) is 0 Å². The van der Waals surface area contributed by atoms with Crippen LogP contribution >= 0.6 is 0 Å². The van der Waals surface area contributed by atoms with Crippen LogP contribution in [-0.4, -0.2) is 24.8 Å². The average Bonchev–Trinajstić information content (AvgIpc) is 2.03. The third kappa shape index (κ3) is 2.63. The molecule has 0 saturated carbocycles. The minimum atomic E-state index is -0.343. The Bertz CT molecular complexity index is 273. The zero-order chi connectivity index (χ0) is 9.84. The van der Waals surface area contributed by atoms with E-state index in [-0.39, 0.29) is 6.10 Å². The van der Waals surface area contributed by atoms with E-state index >= 15 is 0 Å². The van der Waals surface area contributed by atoms with Gasteiger partial charge >= 0.3 is 0 Å². The molecule has 0 aliphatic carbocycles. The van der Waals surface area contributed by atoms with Crippen molar-refractivity contribution in [2.24, 2.45) is 0 Å². The predicted octanol–water partition coefficient (Wildman–Crippen LogP) is 1.09. The molecule has 3 heteroatoms. The number of aliphatic hydroxyl groups is 1. The summed E-state index contributed by atoms with van der Waals surface area (Å²) in [5.74, 6) is 0. The number of likely N-dealkylation sites (N-methyl/N-ethyl adjacent to an activating group) is 1. The van der Waals surface area contributed by atoms with Gasteiger partial charge in [0.25, 0.3) is 0 Å².